The predicted octanol–water partition coefficient (Wildman–Crippen LogP) is 1.18. The molecule has 144 valence electrons. The minimum atomic E-state index is -3.76. The zero-order valence-electron chi connectivity index (χ0n) is 13.9. The SMILES string of the molecule is CCc1ccc([N+](=O)[O-])cc1S(=O)(=O)NCCN1CCNCC1.Cl.Cl. The van der Waals surface area contributed by atoms with Crippen molar-refractivity contribution in [2.45, 2.75) is 18.2 Å². The Morgan fingerprint density at radius 2 is 1.92 bits per heavy atom. The number of hydrogen-bond donors (Lipinski definition) is 2. The average molecular weight is 415 g/mol. The fourth-order valence-corrected chi connectivity index (χ4v) is 3.90. The summed E-state index contributed by atoms with van der Waals surface area (Å²) in [6, 6.07) is 3.97. The zero-order valence-corrected chi connectivity index (χ0v) is 16.4. The minimum absolute atomic E-state index is 0. The van der Waals surface area contributed by atoms with Crippen LogP contribution >= 0.6 is 24.8 Å². The van der Waals surface area contributed by atoms with Crippen molar-refractivity contribution in [1.29, 1.82) is 0 Å². The third-order valence-electron chi connectivity index (χ3n) is 3.86. The van der Waals surface area contributed by atoms with Crippen LogP contribution < -0.4 is 10.0 Å². The van der Waals surface area contributed by atoms with Gasteiger partial charge in [0, 0.05) is 51.4 Å². The second kappa shape index (κ2) is 10.9. The summed E-state index contributed by atoms with van der Waals surface area (Å²) in [6.07, 6.45) is 0.492. The summed E-state index contributed by atoms with van der Waals surface area (Å²) in [7, 11) is -3.76. The second-order valence-corrected chi connectivity index (χ2v) is 7.13. The fraction of sp³-hybridized carbons (Fsp3) is 0.571. The predicted molar refractivity (Wildman–Crippen MR) is 101 cm³/mol. The van der Waals surface area contributed by atoms with Crippen LogP contribution in [0.5, 0.6) is 0 Å². The summed E-state index contributed by atoms with van der Waals surface area (Å²) in [4.78, 5) is 12.5. The molecule has 1 aromatic carbocycles. The standard InChI is InChI=1S/C14H22N4O4S.2ClH/c1-2-12-3-4-13(18(19)20)11-14(12)23(21,22)16-7-10-17-8-5-15-6-9-17;;/h3-4,11,15-16H,2,5-10H2,1H3;2*1H. The van der Waals surface area contributed by atoms with E-state index in [1.54, 1.807) is 0 Å². The van der Waals surface area contributed by atoms with E-state index in [-0.39, 0.29) is 41.9 Å². The van der Waals surface area contributed by atoms with E-state index in [9.17, 15) is 18.5 Å². The minimum Gasteiger partial charge on any atom is -0.314 e. The maximum Gasteiger partial charge on any atom is 0.270 e. The van der Waals surface area contributed by atoms with Crippen LogP contribution in [0.1, 0.15) is 12.5 Å². The van der Waals surface area contributed by atoms with Crippen LogP contribution in [0.2, 0.25) is 0 Å². The molecule has 25 heavy (non-hydrogen) atoms. The van der Waals surface area contributed by atoms with Gasteiger partial charge in [-0.1, -0.05) is 13.0 Å². The number of nitro benzene ring substituents is 1. The van der Waals surface area contributed by atoms with Gasteiger partial charge in [0.15, 0.2) is 0 Å². The van der Waals surface area contributed by atoms with Gasteiger partial charge in [-0.15, -0.1) is 24.8 Å². The van der Waals surface area contributed by atoms with Gasteiger partial charge in [-0.05, 0) is 12.0 Å². The third kappa shape index (κ3) is 6.69. The van der Waals surface area contributed by atoms with Crippen molar-refractivity contribution in [2.24, 2.45) is 0 Å². The highest BCUT2D eigenvalue weighted by molar-refractivity contribution is 7.89. The molecule has 0 spiro atoms. The topological polar surface area (TPSA) is 105 Å². The monoisotopic (exact) mass is 414 g/mol. The number of rotatable bonds is 7. The number of hydrogen-bond acceptors (Lipinski definition) is 6. The summed E-state index contributed by atoms with van der Waals surface area (Å²) in [5.41, 5.74) is 0.356. The molecule has 8 nitrogen and oxygen atoms in total. The second-order valence-electron chi connectivity index (χ2n) is 5.39. The fourth-order valence-electron chi connectivity index (χ4n) is 2.55. The summed E-state index contributed by atoms with van der Waals surface area (Å²) in [5.74, 6) is 0. The highest BCUT2D eigenvalue weighted by atomic mass is 35.5. The molecule has 1 aliphatic rings. The number of nitrogens with zero attached hydrogens (tertiary/aromatic N) is 2. The van der Waals surface area contributed by atoms with Crippen LogP contribution in [-0.4, -0.2) is 57.5 Å². The highest BCUT2D eigenvalue weighted by Gasteiger charge is 2.21. The molecule has 1 saturated heterocycles. The molecular formula is C14H24Cl2N4O4S. The molecule has 1 heterocycles. The molecule has 1 fully saturated rings. The van der Waals surface area contributed by atoms with Gasteiger partial charge < -0.3 is 5.32 Å². The summed E-state index contributed by atoms with van der Waals surface area (Å²) in [5, 5.41) is 14.1. The lowest BCUT2D eigenvalue weighted by atomic mass is 10.1. The van der Waals surface area contributed by atoms with Crippen molar-refractivity contribution in [3.63, 3.8) is 0 Å². The highest BCUT2D eigenvalue weighted by Crippen LogP contribution is 2.22. The van der Waals surface area contributed by atoms with Crippen LogP contribution in [-0.2, 0) is 16.4 Å². The number of non-ortho nitro benzene ring substituents is 1. The summed E-state index contributed by atoms with van der Waals surface area (Å²) >= 11 is 0. The van der Waals surface area contributed by atoms with Gasteiger partial charge in [-0.25, -0.2) is 13.1 Å². The van der Waals surface area contributed by atoms with E-state index in [1.165, 1.54) is 12.1 Å². The van der Waals surface area contributed by atoms with E-state index in [4.69, 9.17) is 0 Å². The van der Waals surface area contributed by atoms with Crippen LogP contribution in [0.3, 0.4) is 0 Å². The first-order valence-electron chi connectivity index (χ1n) is 7.64. The maximum atomic E-state index is 12.5. The van der Waals surface area contributed by atoms with Crippen molar-refractivity contribution in [2.75, 3.05) is 39.3 Å². The van der Waals surface area contributed by atoms with E-state index in [0.29, 0.717) is 18.5 Å². The quantitative estimate of drug-likeness (QED) is 0.512. The number of benzene rings is 1. The van der Waals surface area contributed by atoms with Crippen LogP contribution in [0.25, 0.3) is 0 Å². The van der Waals surface area contributed by atoms with E-state index in [0.717, 1.165) is 32.2 Å². The first-order chi connectivity index (χ1) is 10.9. The van der Waals surface area contributed by atoms with Crippen molar-refractivity contribution in [3.8, 4) is 0 Å². The van der Waals surface area contributed by atoms with Gasteiger partial charge in [0.05, 0.1) is 9.82 Å². The Hall–Kier alpha value is -0.970. The molecule has 1 aromatic rings. The van der Waals surface area contributed by atoms with Gasteiger partial charge in [0.1, 0.15) is 0 Å². The van der Waals surface area contributed by atoms with Crippen molar-refractivity contribution < 1.29 is 13.3 Å². The molecule has 0 radical (unpaired) electrons. The molecule has 0 amide bonds. The number of aryl methyl sites for hydroxylation is 1. The maximum absolute atomic E-state index is 12.5. The Bertz CT molecular complexity index is 667. The van der Waals surface area contributed by atoms with Crippen molar-refractivity contribution in [3.05, 3.63) is 33.9 Å². The number of nitrogens with one attached hydrogen (secondary N) is 2. The molecule has 2 N–H and O–H groups in total. The number of halogens is 2. The van der Waals surface area contributed by atoms with Crippen LogP contribution in [0.4, 0.5) is 5.69 Å². The lowest BCUT2D eigenvalue weighted by Gasteiger charge is -2.27. The lowest BCUT2D eigenvalue weighted by Crippen LogP contribution is -2.46. The van der Waals surface area contributed by atoms with Crippen LogP contribution in [0, 0.1) is 10.1 Å². The van der Waals surface area contributed by atoms with Gasteiger partial charge in [-0.2, -0.15) is 0 Å². The Kier molecular flexibility index (Phi) is 10.5. The normalized spacial score (nSPS) is 15.1. The van der Waals surface area contributed by atoms with Gasteiger partial charge in [0.2, 0.25) is 10.0 Å². The van der Waals surface area contributed by atoms with E-state index >= 15 is 0 Å². The first-order valence-corrected chi connectivity index (χ1v) is 9.12. The Morgan fingerprint density at radius 3 is 2.48 bits per heavy atom. The van der Waals surface area contributed by atoms with Gasteiger partial charge >= 0.3 is 0 Å². The van der Waals surface area contributed by atoms with Gasteiger partial charge in [-0.3, -0.25) is 15.0 Å². The molecule has 0 bridgehead atoms. The zero-order chi connectivity index (χ0) is 16.9. The molecule has 0 unspecified atom stereocenters. The Morgan fingerprint density at radius 1 is 1.28 bits per heavy atom. The van der Waals surface area contributed by atoms with Crippen molar-refractivity contribution in [1.82, 2.24) is 14.9 Å². The first kappa shape index (κ1) is 24.0. The molecule has 0 aliphatic carbocycles. The molecule has 2 rings (SSSR count). The summed E-state index contributed by atoms with van der Waals surface area (Å²) in [6.45, 7) is 6.30. The smallest absolute Gasteiger partial charge is 0.270 e. The molecule has 0 saturated carbocycles. The number of nitro groups is 1. The van der Waals surface area contributed by atoms with Gasteiger partial charge in [0.25, 0.3) is 5.69 Å². The lowest BCUT2D eigenvalue weighted by molar-refractivity contribution is -0.385. The van der Waals surface area contributed by atoms with Crippen molar-refractivity contribution >= 4 is 40.5 Å². The molecule has 0 atom stereocenters. The summed E-state index contributed by atoms with van der Waals surface area (Å²) < 4.78 is 27.5. The molecule has 11 heteroatoms. The number of sulfonamides is 1. The van der Waals surface area contributed by atoms with E-state index in [1.807, 2.05) is 6.92 Å². The average Bonchev–Trinajstić information content (AvgIpc) is 2.55. The van der Waals surface area contributed by atoms with E-state index < -0.39 is 14.9 Å². The number of piperazine rings is 1. The van der Waals surface area contributed by atoms with E-state index in [2.05, 4.69) is 14.9 Å². The molecule has 1 aliphatic heterocycles. The third-order valence-corrected chi connectivity index (χ3v) is 5.40. The Labute approximate surface area is 160 Å². The van der Waals surface area contributed by atoms with Crippen LogP contribution in [0.15, 0.2) is 23.1 Å². The largest absolute Gasteiger partial charge is 0.314 e. The molecular weight excluding hydrogens is 391 g/mol. The molecule has 0 aromatic heterocycles. The Balaban J connectivity index is 0.00000288.